The Morgan fingerprint density at radius 3 is 2.35 bits per heavy atom. The molecule has 26 heavy (non-hydrogen) atoms. The van der Waals surface area contributed by atoms with Crippen LogP contribution in [0.25, 0.3) is 11.2 Å². The van der Waals surface area contributed by atoms with Gasteiger partial charge in [0.15, 0.2) is 11.2 Å². The van der Waals surface area contributed by atoms with Gasteiger partial charge in [-0.1, -0.05) is 20.8 Å². The van der Waals surface area contributed by atoms with E-state index in [0.717, 1.165) is 24.2 Å². The summed E-state index contributed by atoms with van der Waals surface area (Å²) in [5, 5.41) is 12.7. The molecule has 0 bridgehead atoms. The van der Waals surface area contributed by atoms with Crippen LogP contribution in [0.4, 0.5) is 5.95 Å². The Morgan fingerprint density at radius 2 is 1.81 bits per heavy atom. The Labute approximate surface area is 152 Å². The normalized spacial score (nSPS) is 12.9. The Balaban J connectivity index is 2.62. The monoisotopic (exact) mass is 366 g/mol. The van der Waals surface area contributed by atoms with Crippen molar-refractivity contribution in [3.63, 3.8) is 0 Å². The van der Waals surface area contributed by atoms with E-state index in [2.05, 4.69) is 29.0 Å². The smallest absolute Gasteiger partial charge is 0.332 e. The van der Waals surface area contributed by atoms with Gasteiger partial charge < -0.3 is 19.9 Å². The molecule has 0 radical (unpaired) electrons. The lowest BCUT2D eigenvalue weighted by atomic mass is 10.2. The number of rotatable bonds is 9. The highest BCUT2D eigenvalue weighted by Gasteiger charge is 2.20. The number of aliphatic hydroxyl groups excluding tert-OH is 1. The average molecular weight is 366 g/mol. The van der Waals surface area contributed by atoms with E-state index in [0.29, 0.717) is 30.1 Å². The zero-order valence-electron chi connectivity index (χ0n) is 16.3. The van der Waals surface area contributed by atoms with Gasteiger partial charge in [-0.25, -0.2) is 4.79 Å². The van der Waals surface area contributed by atoms with Gasteiger partial charge in [0, 0.05) is 27.2 Å². The lowest BCUT2D eigenvalue weighted by Gasteiger charge is -2.20. The molecular formula is C17H30N6O3. The summed E-state index contributed by atoms with van der Waals surface area (Å²) in [6.07, 6.45) is 0.715. The molecule has 146 valence electrons. The molecule has 9 nitrogen and oxygen atoms in total. The average Bonchev–Trinajstić information content (AvgIpc) is 3.01. The first-order valence-electron chi connectivity index (χ1n) is 9.15. The number of aryl methyl sites for hydroxylation is 1. The van der Waals surface area contributed by atoms with Crippen molar-refractivity contribution in [1.29, 1.82) is 0 Å². The highest BCUT2D eigenvalue weighted by atomic mass is 16.3. The minimum atomic E-state index is -0.406. The molecule has 0 aliphatic carbocycles. The van der Waals surface area contributed by atoms with Crippen molar-refractivity contribution in [2.75, 3.05) is 31.6 Å². The summed E-state index contributed by atoms with van der Waals surface area (Å²) in [5.41, 5.74) is -0.0122. The number of nitrogens with one attached hydrogen (secondary N) is 1. The number of fused-ring (bicyclic) bond motifs is 1. The quantitative estimate of drug-likeness (QED) is 0.646. The Bertz CT molecular complexity index is 858. The number of anilines is 1. The Kier molecular flexibility index (Phi) is 6.60. The van der Waals surface area contributed by atoms with Crippen LogP contribution in [0.5, 0.6) is 0 Å². The molecule has 9 heteroatoms. The number of hydrogen-bond acceptors (Lipinski definition) is 6. The van der Waals surface area contributed by atoms with Gasteiger partial charge in [0.2, 0.25) is 5.95 Å². The molecule has 0 fully saturated rings. The third-order valence-corrected chi connectivity index (χ3v) is 4.93. The molecule has 0 aliphatic rings. The van der Waals surface area contributed by atoms with Crippen molar-refractivity contribution in [1.82, 2.24) is 23.6 Å². The van der Waals surface area contributed by atoms with Gasteiger partial charge in [-0.05, 0) is 19.5 Å². The molecular weight excluding hydrogens is 336 g/mol. The van der Waals surface area contributed by atoms with E-state index in [1.54, 1.807) is 7.05 Å². The van der Waals surface area contributed by atoms with Crippen molar-refractivity contribution in [2.45, 2.75) is 39.8 Å². The second-order valence-corrected chi connectivity index (χ2v) is 6.42. The van der Waals surface area contributed by atoms with Crippen LogP contribution in [0.1, 0.15) is 27.2 Å². The molecule has 2 rings (SSSR count). The fourth-order valence-electron chi connectivity index (χ4n) is 3.02. The van der Waals surface area contributed by atoms with Crippen molar-refractivity contribution in [3.05, 3.63) is 20.8 Å². The predicted octanol–water partition coefficient (Wildman–Crippen LogP) is -0.0417. The van der Waals surface area contributed by atoms with E-state index >= 15 is 0 Å². The van der Waals surface area contributed by atoms with E-state index in [4.69, 9.17) is 0 Å². The summed E-state index contributed by atoms with van der Waals surface area (Å²) in [5.74, 6) is 0.506. The number of nitrogens with zero attached hydrogens (tertiary/aromatic N) is 5. The summed E-state index contributed by atoms with van der Waals surface area (Å²) in [4.78, 5) is 31.7. The van der Waals surface area contributed by atoms with Crippen LogP contribution < -0.4 is 16.6 Å². The van der Waals surface area contributed by atoms with Crippen molar-refractivity contribution in [2.24, 2.45) is 14.1 Å². The van der Waals surface area contributed by atoms with Crippen LogP contribution in [-0.4, -0.2) is 61.0 Å². The van der Waals surface area contributed by atoms with E-state index < -0.39 is 5.69 Å². The highest BCUT2D eigenvalue weighted by Crippen LogP contribution is 2.17. The molecule has 2 aromatic heterocycles. The van der Waals surface area contributed by atoms with E-state index in [9.17, 15) is 14.7 Å². The minimum absolute atomic E-state index is 0.0350. The largest absolute Gasteiger partial charge is 0.394 e. The SMILES string of the molecule is CC[C@@H](CO)Nc1nc2c(c(=O)n(C)c(=O)n2C)n1CCN(CC)CC. The molecule has 0 saturated heterocycles. The number of aromatic nitrogens is 4. The van der Waals surface area contributed by atoms with Gasteiger partial charge in [-0.2, -0.15) is 4.98 Å². The second-order valence-electron chi connectivity index (χ2n) is 6.42. The maximum Gasteiger partial charge on any atom is 0.332 e. The number of imidazole rings is 1. The second kappa shape index (κ2) is 8.50. The van der Waals surface area contributed by atoms with E-state index in [-0.39, 0.29) is 18.2 Å². The van der Waals surface area contributed by atoms with Crippen molar-refractivity contribution < 1.29 is 5.11 Å². The molecule has 0 spiro atoms. The van der Waals surface area contributed by atoms with Crippen LogP contribution in [0.3, 0.4) is 0 Å². The zero-order chi connectivity index (χ0) is 19.4. The van der Waals surface area contributed by atoms with Crippen LogP contribution in [0, 0.1) is 0 Å². The van der Waals surface area contributed by atoms with Crippen molar-refractivity contribution in [3.8, 4) is 0 Å². The maximum atomic E-state index is 12.7. The first-order chi connectivity index (χ1) is 12.4. The van der Waals surface area contributed by atoms with Crippen molar-refractivity contribution >= 4 is 17.1 Å². The fraction of sp³-hybridized carbons (Fsp3) is 0.706. The third-order valence-electron chi connectivity index (χ3n) is 4.93. The van der Waals surface area contributed by atoms with E-state index in [1.165, 1.54) is 11.6 Å². The zero-order valence-corrected chi connectivity index (χ0v) is 16.3. The molecule has 2 aromatic rings. The van der Waals surface area contributed by atoms with E-state index in [1.807, 2.05) is 11.5 Å². The molecule has 2 heterocycles. The summed E-state index contributed by atoms with van der Waals surface area (Å²) in [6, 6.07) is -0.167. The summed E-state index contributed by atoms with van der Waals surface area (Å²) in [7, 11) is 3.08. The summed E-state index contributed by atoms with van der Waals surface area (Å²) < 4.78 is 4.31. The topological polar surface area (TPSA) is 97.3 Å². The number of likely N-dealkylation sites (N-methyl/N-ethyl adjacent to an activating group) is 1. The van der Waals surface area contributed by atoms with Crippen LogP contribution in [-0.2, 0) is 20.6 Å². The summed E-state index contributed by atoms with van der Waals surface area (Å²) >= 11 is 0. The number of aliphatic hydroxyl groups is 1. The Hall–Kier alpha value is -2.13. The van der Waals surface area contributed by atoms with Crippen LogP contribution >= 0.6 is 0 Å². The van der Waals surface area contributed by atoms with Gasteiger partial charge >= 0.3 is 5.69 Å². The lowest BCUT2D eigenvalue weighted by Crippen LogP contribution is -2.38. The van der Waals surface area contributed by atoms with Crippen LogP contribution in [0.15, 0.2) is 9.59 Å². The molecule has 0 amide bonds. The predicted molar refractivity (Wildman–Crippen MR) is 103 cm³/mol. The number of hydrogen-bond donors (Lipinski definition) is 2. The molecule has 2 N–H and O–H groups in total. The molecule has 0 aliphatic heterocycles. The molecule has 0 unspecified atom stereocenters. The third kappa shape index (κ3) is 3.68. The fourth-order valence-corrected chi connectivity index (χ4v) is 3.02. The van der Waals surface area contributed by atoms with Gasteiger partial charge in [0.05, 0.1) is 12.6 Å². The van der Waals surface area contributed by atoms with Gasteiger partial charge in [0.25, 0.3) is 5.56 Å². The highest BCUT2D eigenvalue weighted by molar-refractivity contribution is 5.74. The first kappa shape index (κ1) is 20.2. The molecule has 1 atom stereocenters. The van der Waals surface area contributed by atoms with Gasteiger partial charge in [-0.3, -0.25) is 13.9 Å². The minimum Gasteiger partial charge on any atom is -0.394 e. The maximum absolute atomic E-state index is 12.7. The summed E-state index contributed by atoms with van der Waals surface area (Å²) in [6.45, 7) is 9.27. The lowest BCUT2D eigenvalue weighted by molar-refractivity contribution is 0.270. The molecule has 0 aromatic carbocycles. The van der Waals surface area contributed by atoms with Crippen LogP contribution in [0.2, 0.25) is 0 Å². The van der Waals surface area contributed by atoms with Gasteiger partial charge in [-0.15, -0.1) is 0 Å². The Morgan fingerprint density at radius 1 is 1.15 bits per heavy atom. The van der Waals surface area contributed by atoms with Gasteiger partial charge in [0.1, 0.15) is 0 Å². The molecule has 0 saturated carbocycles. The standard InChI is InChI=1S/C17H30N6O3/c1-6-12(11-24)18-16-19-14-13(15(25)21(5)17(26)20(14)4)23(16)10-9-22(7-2)8-3/h12,24H,6-11H2,1-5H3,(H,18,19)/t12-/m0/s1. The first-order valence-corrected chi connectivity index (χ1v) is 9.15.